The molecule has 0 radical (unpaired) electrons. The molecule has 0 saturated heterocycles. The molecule has 3 rings (SSSR count). The second-order valence-corrected chi connectivity index (χ2v) is 6.24. The van der Waals surface area contributed by atoms with E-state index in [9.17, 15) is 0 Å². The average Bonchev–Trinajstić information content (AvgIpc) is 3.14. The molecule has 0 aliphatic rings. The molecule has 0 spiro atoms. The van der Waals surface area contributed by atoms with Crippen molar-refractivity contribution in [1.29, 1.82) is 0 Å². The van der Waals surface area contributed by atoms with Crippen LogP contribution in [-0.2, 0) is 6.61 Å². The second kappa shape index (κ2) is 7.94. The molecule has 7 heteroatoms. The standard InChI is InChI=1S/C18H17BrN4O2/c1-13-3-5-14(6-4-13)10-25-18-8-16(19)15(7-17(18)24-2)9-22-23-11-20-21-12-23/h3-9,11-12H,10H2,1-2H3. The van der Waals surface area contributed by atoms with Gasteiger partial charge in [-0.3, -0.25) is 0 Å². The molecule has 0 fully saturated rings. The minimum Gasteiger partial charge on any atom is -0.493 e. The Balaban J connectivity index is 1.78. The molecule has 1 aromatic heterocycles. The monoisotopic (exact) mass is 400 g/mol. The van der Waals surface area contributed by atoms with Crippen molar-refractivity contribution in [2.75, 3.05) is 7.11 Å². The zero-order valence-electron chi connectivity index (χ0n) is 13.9. The number of hydrogen-bond acceptors (Lipinski definition) is 5. The third-order valence-electron chi connectivity index (χ3n) is 3.53. The Bertz CT molecular complexity index is 862. The molecule has 0 aliphatic heterocycles. The third-order valence-corrected chi connectivity index (χ3v) is 4.22. The zero-order chi connectivity index (χ0) is 17.6. The lowest BCUT2D eigenvalue weighted by molar-refractivity contribution is 0.284. The number of hydrogen-bond donors (Lipinski definition) is 0. The summed E-state index contributed by atoms with van der Waals surface area (Å²) in [5.41, 5.74) is 3.18. The second-order valence-electron chi connectivity index (χ2n) is 5.39. The van der Waals surface area contributed by atoms with Crippen LogP contribution in [0.3, 0.4) is 0 Å². The summed E-state index contributed by atoms with van der Waals surface area (Å²) in [6, 6.07) is 12.0. The average molecular weight is 401 g/mol. The van der Waals surface area contributed by atoms with Gasteiger partial charge >= 0.3 is 0 Å². The van der Waals surface area contributed by atoms with E-state index in [0.717, 1.165) is 15.6 Å². The SMILES string of the molecule is COc1cc(C=Nn2cnnc2)c(Br)cc1OCc1ccc(C)cc1. The first-order chi connectivity index (χ1) is 12.2. The van der Waals surface area contributed by atoms with Crippen LogP contribution in [0.15, 0.2) is 58.6 Å². The van der Waals surface area contributed by atoms with E-state index in [4.69, 9.17) is 9.47 Å². The number of halogens is 1. The molecule has 3 aromatic rings. The minimum atomic E-state index is 0.469. The molecule has 2 aromatic carbocycles. The van der Waals surface area contributed by atoms with Crippen molar-refractivity contribution in [2.24, 2.45) is 5.10 Å². The number of ether oxygens (including phenoxy) is 2. The minimum absolute atomic E-state index is 0.469. The van der Waals surface area contributed by atoms with E-state index in [-0.39, 0.29) is 0 Å². The predicted molar refractivity (Wildman–Crippen MR) is 99.2 cm³/mol. The van der Waals surface area contributed by atoms with Crippen molar-refractivity contribution in [3.05, 3.63) is 70.2 Å². The number of rotatable bonds is 6. The van der Waals surface area contributed by atoms with Gasteiger partial charge in [0.25, 0.3) is 0 Å². The fourth-order valence-corrected chi connectivity index (χ4v) is 2.58. The molecule has 1 heterocycles. The maximum atomic E-state index is 5.92. The lowest BCUT2D eigenvalue weighted by Crippen LogP contribution is -1.99. The van der Waals surface area contributed by atoms with Gasteiger partial charge in [0.15, 0.2) is 11.5 Å². The molecule has 0 N–H and O–H groups in total. The van der Waals surface area contributed by atoms with Crippen LogP contribution in [0.25, 0.3) is 0 Å². The highest BCUT2D eigenvalue weighted by atomic mass is 79.9. The van der Waals surface area contributed by atoms with E-state index < -0.39 is 0 Å². The molecule has 0 bridgehead atoms. The van der Waals surface area contributed by atoms with Crippen LogP contribution >= 0.6 is 15.9 Å². The highest BCUT2D eigenvalue weighted by molar-refractivity contribution is 9.10. The smallest absolute Gasteiger partial charge is 0.162 e. The molecule has 6 nitrogen and oxygen atoms in total. The molecule has 0 aliphatic carbocycles. The summed E-state index contributed by atoms with van der Waals surface area (Å²) in [7, 11) is 1.61. The molecule has 25 heavy (non-hydrogen) atoms. The van der Waals surface area contributed by atoms with Crippen LogP contribution in [-0.4, -0.2) is 28.2 Å². The molecule has 128 valence electrons. The lowest BCUT2D eigenvalue weighted by atomic mass is 10.2. The quantitative estimate of drug-likeness (QED) is 0.590. The van der Waals surface area contributed by atoms with Crippen molar-refractivity contribution in [2.45, 2.75) is 13.5 Å². The van der Waals surface area contributed by atoms with E-state index in [1.807, 2.05) is 12.1 Å². The molecule has 0 amide bonds. The summed E-state index contributed by atoms with van der Waals surface area (Å²) in [5, 5.41) is 11.7. The number of methoxy groups -OCH3 is 1. The van der Waals surface area contributed by atoms with Crippen LogP contribution in [0.1, 0.15) is 16.7 Å². The van der Waals surface area contributed by atoms with Crippen molar-refractivity contribution < 1.29 is 9.47 Å². The first-order valence-corrected chi connectivity index (χ1v) is 8.40. The number of aryl methyl sites for hydroxylation is 1. The fraction of sp³-hybridized carbons (Fsp3) is 0.167. The van der Waals surface area contributed by atoms with Gasteiger partial charge in [0.05, 0.1) is 13.3 Å². The van der Waals surface area contributed by atoms with Crippen LogP contribution in [0.2, 0.25) is 0 Å². The summed E-state index contributed by atoms with van der Waals surface area (Å²) in [4.78, 5) is 0. The van der Waals surface area contributed by atoms with Crippen molar-refractivity contribution in [1.82, 2.24) is 14.9 Å². The Labute approximate surface area is 154 Å². The van der Waals surface area contributed by atoms with Crippen LogP contribution in [0, 0.1) is 6.92 Å². The first-order valence-electron chi connectivity index (χ1n) is 7.60. The number of benzene rings is 2. The maximum absolute atomic E-state index is 5.92. The highest BCUT2D eigenvalue weighted by Crippen LogP contribution is 2.33. The summed E-state index contributed by atoms with van der Waals surface area (Å²) in [6.45, 7) is 2.53. The van der Waals surface area contributed by atoms with Gasteiger partial charge in [-0.25, -0.2) is 4.68 Å². The van der Waals surface area contributed by atoms with Crippen LogP contribution in [0.5, 0.6) is 11.5 Å². The molecular weight excluding hydrogens is 384 g/mol. The summed E-state index contributed by atoms with van der Waals surface area (Å²) >= 11 is 3.54. The van der Waals surface area contributed by atoms with E-state index >= 15 is 0 Å². The first kappa shape index (κ1) is 17.2. The Morgan fingerprint density at radius 3 is 2.52 bits per heavy atom. The third kappa shape index (κ3) is 4.45. The van der Waals surface area contributed by atoms with E-state index in [1.165, 1.54) is 22.9 Å². The van der Waals surface area contributed by atoms with Gasteiger partial charge in [0, 0.05) is 10.0 Å². The molecular formula is C18H17BrN4O2. The Morgan fingerprint density at radius 1 is 1.12 bits per heavy atom. The lowest BCUT2D eigenvalue weighted by Gasteiger charge is -2.13. The topological polar surface area (TPSA) is 61.5 Å². The van der Waals surface area contributed by atoms with Gasteiger partial charge in [0.2, 0.25) is 0 Å². The van der Waals surface area contributed by atoms with Crippen molar-refractivity contribution in [3.63, 3.8) is 0 Å². The summed E-state index contributed by atoms with van der Waals surface area (Å²) in [5.74, 6) is 1.30. The van der Waals surface area contributed by atoms with Crippen LogP contribution < -0.4 is 9.47 Å². The Kier molecular flexibility index (Phi) is 5.45. The van der Waals surface area contributed by atoms with E-state index in [0.29, 0.717) is 18.1 Å². The van der Waals surface area contributed by atoms with Crippen molar-refractivity contribution in [3.8, 4) is 11.5 Å². The molecule has 0 atom stereocenters. The predicted octanol–water partition coefficient (Wildman–Crippen LogP) is 3.82. The Hall–Kier alpha value is -2.67. The van der Waals surface area contributed by atoms with Gasteiger partial charge in [0.1, 0.15) is 19.3 Å². The number of aromatic nitrogens is 3. The van der Waals surface area contributed by atoms with Gasteiger partial charge < -0.3 is 9.47 Å². The van der Waals surface area contributed by atoms with Gasteiger partial charge in [-0.15, -0.1) is 10.2 Å². The van der Waals surface area contributed by atoms with E-state index in [2.05, 4.69) is 62.4 Å². The normalized spacial score (nSPS) is 11.0. The zero-order valence-corrected chi connectivity index (χ0v) is 15.5. The number of nitrogens with zero attached hydrogens (tertiary/aromatic N) is 4. The highest BCUT2D eigenvalue weighted by Gasteiger charge is 2.10. The van der Waals surface area contributed by atoms with Crippen LogP contribution in [0.4, 0.5) is 0 Å². The van der Waals surface area contributed by atoms with E-state index in [1.54, 1.807) is 13.3 Å². The fourth-order valence-electron chi connectivity index (χ4n) is 2.15. The largest absolute Gasteiger partial charge is 0.493 e. The molecule has 0 unspecified atom stereocenters. The summed E-state index contributed by atoms with van der Waals surface area (Å²) in [6.07, 6.45) is 4.72. The van der Waals surface area contributed by atoms with Gasteiger partial charge in [-0.2, -0.15) is 5.10 Å². The van der Waals surface area contributed by atoms with Gasteiger partial charge in [-0.05, 0) is 40.5 Å². The summed E-state index contributed by atoms with van der Waals surface area (Å²) < 4.78 is 13.7. The molecule has 0 saturated carbocycles. The Morgan fingerprint density at radius 2 is 1.84 bits per heavy atom. The van der Waals surface area contributed by atoms with Crippen molar-refractivity contribution >= 4 is 22.1 Å². The van der Waals surface area contributed by atoms with Gasteiger partial charge in [-0.1, -0.05) is 29.8 Å². The maximum Gasteiger partial charge on any atom is 0.162 e.